The van der Waals surface area contributed by atoms with Crippen molar-refractivity contribution in [2.45, 2.75) is 6.92 Å². The second-order valence-corrected chi connectivity index (χ2v) is 7.07. The number of thiazole rings is 1. The van der Waals surface area contributed by atoms with E-state index in [4.69, 9.17) is 4.74 Å². The fourth-order valence-corrected chi connectivity index (χ4v) is 3.44. The fourth-order valence-electron chi connectivity index (χ4n) is 2.78. The van der Waals surface area contributed by atoms with Gasteiger partial charge < -0.3 is 4.74 Å². The summed E-state index contributed by atoms with van der Waals surface area (Å²) < 4.78 is 6.76. The van der Waals surface area contributed by atoms with E-state index >= 15 is 0 Å². The number of hydrogen-bond acceptors (Lipinski definition) is 7. The molecule has 0 unspecified atom stereocenters. The lowest BCUT2D eigenvalue weighted by Gasteiger charge is -2.00. The first kappa shape index (κ1) is 19.5. The van der Waals surface area contributed by atoms with Crippen LogP contribution in [0, 0.1) is 0 Å². The third-order valence-corrected chi connectivity index (χ3v) is 4.92. The summed E-state index contributed by atoms with van der Waals surface area (Å²) in [5.74, 6) is -0.491. The summed E-state index contributed by atoms with van der Waals surface area (Å²) in [6.07, 6.45) is 3.28. The van der Waals surface area contributed by atoms with E-state index in [2.05, 4.69) is 20.6 Å². The lowest BCUT2D eigenvalue weighted by atomic mass is 10.2. The van der Waals surface area contributed by atoms with Crippen molar-refractivity contribution >= 4 is 28.7 Å². The summed E-state index contributed by atoms with van der Waals surface area (Å²) in [7, 11) is 0. The first-order valence-electron chi connectivity index (χ1n) is 9.37. The van der Waals surface area contributed by atoms with Crippen molar-refractivity contribution in [1.29, 1.82) is 0 Å². The Morgan fingerprint density at radius 2 is 1.90 bits per heavy atom. The van der Waals surface area contributed by atoms with Gasteiger partial charge in [-0.15, -0.1) is 11.3 Å². The molecule has 2 aromatic carbocycles. The molecular weight excluding hydrogens is 398 g/mol. The molecule has 0 fully saturated rings. The number of nitrogens with zero attached hydrogens (tertiary/aromatic N) is 4. The van der Waals surface area contributed by atoms with Crippen LogP contribution in [0.15, 0.2) is 77.3 Å². The summed E-state index contributed by atoms with van der Waals surface area (Å²) in [6, 6.07) is 19.5. The predicted molar refractivity (Wildman–Crippen MR) is 118 cm³/mol. The summed E-state index contributed by atoms with van der Waals surface area (Å²) in [4.78, 5) is 16.8. The fraction of sp³-hybridized carbons (Fsp3) is 0.0909. The molecule has 0 aliphatic heterocycles. The van der Waals surface area contributed by atoms with Crippen LogP contribution in [0.25, 0.3) is 16.9 Å². The first-order valence-corrected chi connectivity index (χ1v) is 10.2. The highest BCUT2D eigenvalue weighted by atomic mass is 32.1. The van der Waals surface area contributed by atoms with Crippen molar-refractivity contribution < 1.29 is 9.53 Å². The minimum absolute atomic E-state index is 0.204. The number of para-hydroxylation sites is 1. The molecule has 0 spiro atoms. The van der Waals surface area contributed by atoms with Gasteiger partial charge in [0, 0.05) is 22.7 Å². The Kier molecular flexibility index (Phi) is 5.95. The third kappa shape index (κ3) is 4.44. The Bertz CT molecular complexity index is 1150. The minimum Gasteiger partial charge on any atom is -0.461 e. The van der Waals surface area contributed by atoms with E-state index in [1.165, 1.54) is 11.3 Å². The lowest BCUT2D eigenvalue weighted by molar-refractivity contribution is 0.0519. The number of ether oxygens (including phenoxy) is 1. The maximum absolute atomic E-state index is 12.3. The van der Waals surface area contributed by atoms with Crippen molar-refractivity contribution in [2.75, 3.05) is 12.0 Å². The molecule has 1 N–H and O–H groups in total. The van der Waals surface area contributed by atoms with E-state index in [0.717, 1.165) is 16.9 Å². The van der Waals surface area contributed by atoms with Gasteiger partial charge in [0.2, 0.25) is 5.13 Å². The number of esters is 1. The maximum Gasteiger partial charge on any atom is 0.359 e. The van der Waals surface area contributed by atoms with Crippen LogP contribution in [-0.4, -0.2) is 33.6 Å². The largest absolute Gasteiger partial charge is 0.461 e. The Morgan fingerprint density at radius 3 is 2.63 bits per heavy atom. The van der Waals surface area contributed by atoms with Gasteiger partial charge in [0.25, 0.3) is 0 Å². The predicted octanol–water partition coefficient (Wildman–Crippen LogP) is 4.62. The van der Waals surface area contributed by atoms with Gasteiger partial charge in [-0.2, -0.15) is 10.2 Å². The molecular formula is C22H19N5O2S. The summed E-state index contributed by atoms with van der Waals surface area (Å²) >= 11 is 1.45. The number of hydrogen-bond donors (Lipinski definition) is 1. The van der Waals surface area contributed by atoms with E-state index in [0.29, 0.717) is 10.7 Å². The van der Waals surface area contributed by atoms with Crippen LogP contribution in [0.1, 0.15) is 23.0 Å². The van der Waals surface area contributed by atoms with Crippen LogP contribution in [0.2, 0.25) is 0 Å². The molecule has 0 atom stereocenters. The molecule has 0 amide bonds. The first-order chi connectivity index (χ1) is 14.7. The normalized spacial score (nSPS) is 11.0. The Morgan fingerprint density at radius 1 is 1.17 bits per heavy atom. The zero-order valence-corrected chi connectivity index (χ0v) is 17.0. The van der Waals surface area contributed by atoms with Crippen LogP contribution in [-0.2, 0) is 4.74 Å². The number of carbonyl (C=O) groups is 1. The van der Waals surface area contributed by atoms with Crippen molar-refractivity contribution in [2.24, 2.45) is 5.10 Å². The monoisotopic (exact) mass is 417 g/mol. The van der Waals surface area contributed by atoms with Gasteiger partial charge in [0.1, 0.15) is 0 Å². The number of carbonyl (C=O) groups excluding carboxylic acids is 1. The summed E-state index contributed by atoms with van der Waals surface area (Å²) in [5.41, 5.74) is 6.42. The average Bonchev–Trinajstić information content (AvgIpc) is 3.43. The highest BCUT2D eigenvalue weighted by Crippen LogP contribution is 2.24. The summed E-state index contributed by atoms with van der Waals surface area (Å²) in [5, 5.41) is 11.2. The number of aromatic nitrogens is 3. The smallest absolute Gasteiger partial charge is 0.359 e. The van der Waals surface area contributed by atoms with Crippen molar-refractivity contribution in [3.8, 4) is 16.9 Å². The minimum atomic E-state index is -0.491. The molecule has 4 rings (SSSR count). The molecule has 150 valence electrons. The molecule has 0 aliphatic rings. The van der Waals surface area contributed by atoms with Crippen molar-refractivity contribution in [1.82, 2.24) is 14.8 Å². The number of benzene rings is 2. The van der Waals surface area contributed by atoms with Gasteiger partial charge in [0.15, 0.2) is 5.69 Å². The molecule has 30 heavy (non-hydrogen) atoms. The number of hydrazone groups is 1. The molecule has 0 bridgehead atoms. The molecule has 8 heteroatoms. The van der Waals surface area contributed by atoms with Crippen LogP contribution in [0.3, 0.4) is 0 Å². The van der Waals surface area contributed by atoms with E-state index in [1.807, 2.05) is 66.0 Å². The van der Waals surface area contributed by atoms with Crippen LogP contribution in [0.5, 0.6) is 0 Å². The van der Waals surface area contributed by atoms with E-state index in [-0.39, 0.29) is 12.3 Å². The Labute approximate surface area is 177 Å². The average molecular weight is 417 g/mol. The quantitative estimate of drug-likeness (QED) is 0.270. The number of rotatable bonds is 7. The van der Waals surface area contributed by atoms with Crippen LogP contribution < -0.4 is 5.43 Å². The van der Waals surface area contributed by atoms with Gasteiger partial charge in [-0.25, -0.2) is 14.5 Å². The molecule has 2 heterocycles. The van der Waals surface area contributed by atoms with Gasteiger partial charge in [0.05, 0.1) is 24.2 Å². The van der Waals surface area contributed by atoms with Gasteiger partial charge in [-0.1, -0.05) is 48.5 Å². The van der Waals surface area contributed by atoms with Crippen LogP contribution in [0.4, 0.5) is 5.13 Å². The van der Waals surface area contributed by atoms with Crippen molar-refractivity contribution in [3.05, 3.63) is 83.5 Å². The maximum atomic E-state index is 12.3. The van der Waals surface area contributed by atoms with E-state index in [9.17, 15) is 4.79 Å². The highest BCUT2D eigenvalue weighted by molar-refractivity contribution is 7.14. The molecule has 0 aliphatic carbocycles. The topological polar surface area (TPSA) is 81.4 Å². The molecule has 4 aromatic rings. The second kappa shape index (κ2) is 9.15. The molecule has 0 radical (unpaired) electrons. The Balaban J connectivity index is 1.54. The third-order valence-electron chi connectivity index (χ3n) is 4.17. The lowest BCUT2D eigenvalue weighted by Crippen LogP contribution is -2.08. The Hall–Kier alpha value is -3.78. The zero-order valence-electron chi connectivity index (χ0n) is 16.2. The standard InChI is InChI=1S/C22H19N5O2S/c1-2-29-21(28)20-17(14-27(26-20)18-11-7-4-8-12-18)13-23-25-22-24-19(15-30-22)16-9-5-3-6-10-16/h3-15H,2H2,1H3,(H,24,25)/b23-13-. The van der Waals surface area contributed by atoms with Crippen LogP contribution >= 0.6 is 11.3 Å². The molecule has 7 nitrogen and oxygen atoms in total. The number of nitrogens with one attached hydrogen (secondary N) is 1. The summed E-state index contributed by atoms with van der Waals surface area (Å²) in [6.45, 7) is 2.03. The number of anilines is 1. The zero-order chi connectivity index (χ0) is 20.8. The van der Waals surface area contributed by atoms with Crippen molar-refractivity contribution in [3.63, 3.8) is 0 Å². The SMILES string of the molecule is CCOC(=O)c1nn(-c2ccccc2)cc1/C=N\Nc1nc(-c2ccccc2)cs1. The van der Waals surface area contributed by atoms with E-state index < -0.39 is 5.97 Å². The van der Waals surface area contributed by atoms with Gasteiger partial charge >= 0.3 is 5.97 Å². The molecule has 2 aromatic heterocycles. The molecule has 0 saturated carbocycles. The van der Waals surface area contributed by atoms with Gasteiger partial charge in [-0.05, 0) is 19.1 Å². The van der Waals surface area contributed by atoms with E-state index in [1.54, 1.807) is 24.0 Å². The molecule has 0 saturated heterocycles. The second-order valence-electron chi connectivity index (χ2n) is 6.21. The highest BCUT2D eigenvalue weighted by Gasteiger charge is 2.17. The van der Waals surface area contributed by atoms with Gasteiger partial charge in [-0.3, -0.25) is 5.43 Å².